The van der Waals surface area contributed by atoms with E-state index in [1.165, 1.54) is 24.0 Å². The summed E-state index contributed by atoms with van der Waals surface area (Å²) in [5.41, 5.74) is 0.606. The number of allylic oxidation sites excluding steroid dienone is 5. The van der Waals surface area contributed by atoms with E-state index >= 15 is 0 Å². The van der Waals surface area contributed by atoms with Crippen LogP contribution in [0, 0.1) is 0 Å². The number of amides is 2. The van der Waals surface area contributed by atoms with Gasteiger partial charge in [0.25, 0.3) is 0 Å². The summed E-state index contributed by atoms with van der Waals surface area (Å²) < 4.78 is 29.9. The van der Waals surface area contributed by atoms with Crippen LogP contribution in [0.15, 0.2) is 42.8 Å². The maximum Gasteiger partial charge on any atom is 0.321 e. The predicted octanol–water partition coefficient (Wildman–Crippen LogP) is 4.29. The molecule has 0 bridgehead atoms. The first-order valence-electron chi connectivity index (χ1n) is 8.58. The summed E-state index contributed by atoms with van der Waals surface area (Å²) in [6, 6.07) is -0.0688. The molecule has 0 saturated carbocycles. The standard InChI is InChI=1S/C18H25F2N5OS/c1-13(19)9-17(10-14(2)20)25-12-15(11-21-25)22-18(26)23(3)16-5-7-24(27-4)8-6-16/h9-12,16H,1,5-8H2,2-4H3,(H,22,26)/b14-10+,17-9+. The fourth-order valence-electron chi connectivity index (χ4n) is 2.86. The average Bonchev–Trinajstić information content (AvgIpc) is 3.08. The van der Waals surface area contributed by atoms with Crippen LogP contribution in [0.2, 0.25) is 0 Å². The first kappa shape index (κ1) is 21.2. The van der Waals surface area contributed by atoms with Crippen LogP contribution in [0.1, 0.15) is 19.8 Å². The van der Waals surface area contributed by atoms with Crippen LogP contribution in [0.5, 0.6) is 0 Å². The number of halogens is 2. The highest BCUT2D eigenvalue weighted by Crippen LogP contribution is 2.21. The van der Waals surface area contributed by atoms with Crippen molar-refractivity contribution in [1.29, 1.82) is 0 Å². The van der Waals surface area contributed by atoms with Gasteiger partial charge in [-0.15, -0.1) is 0 Å². The van der Waals surface area contributed by atoms with Gasteiger partial charge in [0.1, 0.15) is 5.83 Å². The van der Waals surface area contributed by atoms with Crippen LogP contribution in [0.4, 0.5) is 19.3 Å². The number of anilines is 1. The summed E-state index contributed by atoms with van der Waals surface area (Å²) in [5.74, 6) is -1.22. The van der Waals surface area contributed by atoms with E-state index in [0.717, 1.165) is 38.1 Å². The van der Waals surface area contributed by atoms with Crippen LogP contribution in [-0.2, 0) is 0 Å². The van der Waals surface area contributed by atoms with Gasteiger partial charge in [0.2, 0.25) is 0 Å². The van der Waals surface area contributed by atoms with Crippen LogP contribution < -0.4 is 5.32 Å². The van der Waals surface area contributed by atoms with Crippen molar-refractivity contribution in [3.8, 4) is 0 Å². The molecule has 1 aliphatic rings. The SMILES string of the molecule is C=C(F)/C=C(\C=C(/C)F)n1cc(NC(=O)N(C)C2CCN(SC)CC2)cn1. The monoisotopic (exact) mass is 397 g/mol. The summed E-state index contributed by atoms with van der Waals surface area (Å²) in [6.07, 6.45) is 9.00. The molecule has 2 amide bonds. The van der Waals surface area contributed by atoms with Gasteiger partial charge in [-0.25, -0.2) is 18.3 Å². The minimum absolute atomic E-state index is 0.167. The molecular formula is C18H25F2N5OS. The van der Waals surface area contributed by atoms with Crippen molar-refractivity contribution in [2.75, 3.05) is 31.7 Å². The van der Waals surface area contributed by atoms with Crippen LogP contribution in [-0.4, -0.2) is 57.5 Å². The summed E-state index contributed by atoms with van der Waals surface area (Å²) in [4.78, 5) is 14.2. The fourth-order valence-corrected chi connectivity index (χ4v) is 3.43. The van der Waals surface area contributed by atoms with E-state index in [0.29, 0.717) is 5.69 Å². The number of aromatic nitrogens is 2. The molecule has 2 rings (SSSR count). The van der Waals surface area contributed by atoms with E-state index in [4.69, 9.17) is 0 Å². The lowest BCUT2D eigenvalue weighted by molar-refractivity contribution is 0.177. The number of urea groups is 1. The molecule has 1 aliphatic heterocycles. The second-order valence-corrected chi connectivity index (χ2v) is 7.19. The maximum atomic E-state index is 13.2. The molecule has 2 heterocycles. The van der Waals surface area contributed by atoms with Gasteiger partial charge in [0.05, 0.1) is 29.6 Å². The molecule has 148 valence electrons. The Morgan fingerprint density at radius 2 is 2.07 bits per heavy atom. The molecule has 0 aromatic carbocycles. The quantitative estimate of drug-likeness (QED) is 0.575. The Bertz CT molecular complexity index is 734. The van der Waals surface area contributed by atoms with Crippen molar-refractivity contribution in [2.24, 2.45) is 0 Å². The van der Waals surface area contributed by atoms with E-state index in [1.807, 2.05) is 0 Å². The Kier molecular flexibility index (Phi) is 7.61. The zero-order valence-corrected chi connectivity index (χ0v) is 16.6. The number of hydrogen-bond donors (Lipinski definition) is 1. The molecule has 0 radical (unpaired) electrons. The molecule has 1 aromatic rings. The summed E-state index contributed by atoms with van der Waals surface area (Å²) in [6.45, 7) is 6.28. The smallest absolute Gasteiger partial charge is 0.321 e. The number of nitrogens with zero attached hydrogens (tertiary/aromatic N) is 4. The van der Waals surface area contributed by atoms with Gasteiger partial charge in [-0.2, -0.15) is 5.10 Å². The largest absolute Gasteiger partial charge is 0.325 e. The molecule has 1 fully saturated rings. The Balaban J connectivity index is 2.03. The Labute approximate surface area is 162 Å². The second kappa shape index (κ2) is 9.70. The normalized spacial score (nSPS) is 17.1. The Morgan fingerprint density at radius 3 is 2.63 bits per heavy atom. The summed E-state index contributed by atoms with van der Waals surface area (Å²) in [5, 5.41) is 6.83. The van der Waals surface area contributed by atoms with Gasteiger partial charge in [-0.3, -0.25) is 4.31 Å². The number of nitrogens with one attached hydrogen (secondary N) is 1. The molecule has 0 aliphatic carbocycles. The Morgan fingerprint density at radius 1 is 1.41 bits per heavy atom. The summed E-state index contributed by atoms with van der Waals surface area (Å²) in [7, 11) is 1.77. The zero-order valence-electron chi connectivity index (χ0n) is 15.8. The topological polar surface area (TPSA) is 53.4 Å². The van der Waals surface area contributed by atoms with Crippen LogP contribution >= 0.6 is 11.9 Å². The maximum absolute atomic E-state index is 13.2. The van der Waals surface area contributed by atoms with Crippen molar-refractivity contribution in [1.82, 2.24) is 19.0 Å². The number of piperidine rings is 1. The number of carbonyl (C=O) groups is 1. The van der Waals surface area contributed by atoms with Gasteiger partial charge in [-0.05, 0) is 38.2 Å². The van der Waals surface area contributed by atoms with Crippen molar-refractivity contribution in [2.45, 2.75) is 25.8 Å². The molecule has 0 atom stereocenters. The molecule has 1 saturated heterocycles. The average molecular weight is 397 g/mol. The minimum atomic E-state index is -0.722. The van der Waals surface area contributed by atoms with E-state index in [-0.39, 0.29) is 17.8 Å². The first-order valence-corrected chi connectivity index (χ1v) is 9.76. The van der Waals surface area contributed by atoms with E-state index in [1.54, 1.807) is 23.9 Å². The van der Waals surface area contributed by atoms with Gasteiger partial charge in [0.15, 0.2) is 0 Å². The van der Waals surface area contributed by atoms with E-state index in [9.17, 15) is 13.6 Å². The van der Waals surface area contributed by atoms with Gasteiger partial charge in [-0.1, -0.05) is 18.5 Å². The zero-order chi connectivity index (χ0) is 20.0. The molecule has 27 heavy (non-hydrogen) atoms. The van der Waals surface area contributed by atoms with Gasteiger partial charge < -0.3 is 10.2 Å². The third-order valence-corrected chi connectivity index (χ3v) is 5.18. The minimum Gasteiger partial charge on any atom is -0.325 e. The number of carbonyl (C=O) groups excluding carboxylic acids is 1. The lowest BCUT2D eigenvalue weighted by Crippen LogP contribution is -2.45. The van der Waals surface area contributed by atoms with E-state index in [2.05, 4.69) is 27.6 Å². The van der Waals surface area contributed by atoms with Crippen molar-refractivity contribution < 1.29 is 13.6 Å². The number of hydrogen-bond acceptors (Lipinski definition) is 4. The lowest BCUT2D eigenvalue weighted by Gasteiger charge is -2.35. The highest BCUT2D eigenvalue weighted by molar-refractivity contribution is 7.96. The first-order chi connectivity index (χ1) is 12.8. The predicted molar refractivity (Wildman–Crippen MR) is 107 cm³/mol. The molecular weight excluding hydrogens is 372 g/mol. The van der Waals surface area contributed by atoms with Gasteiger partial charge >= 0.3 is 6.03 Å². The fraction of sp³-hybridized carbons (Fsp3) is 0.444. The molecule has 0 spiro atoms. The highest BCUT2D eigenvalue weighted by Gasteiger charge is 2.25. The summed E-state index contributed by atoms with van der Waals surface area (Å²) >= 11 is 1.72. The highest BCUT2D eigenvalue weighted by atomic mass is 32.2. The van der Waals surface area contributed by atoms with Crippen LogP contribution in [0.25, 0.3) is 5.70 Å². The molecule has 6 nitrogen and oxygen atoms in total. The number of rotatable bonds is 6. The third kappa shape index (κ3) is 6.21. The molecule has 9 heteroatoms. The second-order valence-electron chi connectivity index (χ2n) is 6.30. The van der Waals surface area contributed by atoms with Crippen molar-refractivity contribution >= 4 is 29.4 Å². The third-order valence-electron chi connectivity index (χ3n) is 4.30. The molecule has 1 aromatic heterocycles. The lowest BCUT2D eigenvalue weighted by atomic mass is 10.1. The van der Waals surface area contributed by atoms with E-state index < -0.39 is 11.7 Å². The van der Waals surface area contributed by atoms with Crippen LogP contribution in [0.3, 0.4) is 0 Å². The Hall–Kier alpha value is -2.13. The molecule has 1 N–H and O–H groups in total. The van der Waals surface area contributed by atoms with Crippen molar-refractivity contribution in [3.05, 3.63) is 42.8 Å². The van der Waals surface area contributed by atoms with Crippen molar-refractivity contribution in [3.63, 3.8) is 0 Å². The molecule has 0 unspecified atom stereocenters. The van der Waals surface area contributed by atoms with Gasteiger partial charge in [0, 0.05) is 26.2 Å².